The predicted molar refractivity (Wildman–Crippen MR) is 56.5 cm³/mol. The third-order valence-corrected chi connectivity index (χ3v) is 3.19. The third kappa shape index (κ3) is 2.97. The molecule has 2 rings (SSSR count). The molecule has 94 valence electrons. The van der Waals surface area contributed by atoms with Gasteiger partial charge in [-0.3, -0.25) is 4.98 Å². The Labute approximate surface area is 97.5 Å². The lowest BCUT2D eigenvalue weighted by molar-refractivity contribution is -0.141. The summed E-state index contributed by atoms with van der Waals surface area (Å²) in [5, 5.41) is 9.52. The number of aliphatic hydroxyl groups is 1. The van der Waals surface area contributed by atoms with Crippen molar-refractivity contribution in [2.75, 3.05) is 0 Å². The molecule has 0 aliphatic heterocycles. The molecule has 5 heteroatoms. The minimum Gasteiger partial charge on any atom is -0.393 e. The second kappa shape index (κ2) is 4.64. The molecule has 0 amide bonds. The van der Waals surface area contributed by atoms with Crippen LogP contribution in [0.3, 0.4) is 0 Å². The van der Waals surface area contributed by atoms with Crippen molar-refractivity contribution in [1.29, 1.82) is 0 Å². The van der Waals surface area contributed by atoms with Gasteiger partial charge in [-0.25, -0.2) is 0 Å². The maximum absolute atomic E-state index is 12.3. The average molecular weight is 245 g/mol. The lowest BCUT2D eigenvalue weighted by atomic mass is 9.83. The second-order valence-corrected chi connectivity index (χ2v) is 4.49. The molecule has 2 unspecified atom stereocenters. The van der Waals surface area contributed by atoms with Gasteiger partial charge in [0.05, 0.1) is 6.10 Å². The Kier molecular flexibility index (Phi) is 3.38. The highest BCUT2D eigenvalue weighted by Gasteiger charge is 2.32. The molecule has 1 aromatic heterocycles. The van der Waals surface area contributed by atoms with Crippen LogP contribution < -0.4 is 0 Å². The van der Waals surface area contributed by atoms with Crippen LogP contribution in [-0.2, 0) is 6.18 Å². The predicted octanol–water partition coefficient (Wildman–Crippen LogP) is 3.12. The first-order chi connectivity index (χ1) is 7.97. The minimum absolute atomic E-state index is 0.133. The summed E-state index contributed by atoms with van der Waals surface area (Å²) in [5.74, 6) is 0.133. The Hall–Kier alpha value is -1.10. The van der Waals surface area contributed by atoms with Gasteiger partial charge < -0.3 is 5.11 Å². The van der Waals surface area contributed by atoms with Gasteiger partial charge in [0.15, 0.2) is 0 Å². The molecule has 17 heavy (non-hydrogen) atoms. The summed E-state index contributed by atoms with van der Waals surface area (Å²) < 4.78 is 37.0. The second-order valence-electron chi connectivity index (χ2n) is 4.49. The van der Waals surface area contributed by atoms with Crippen LogP contribution in [0.4, 0.5) is 13.2 Å². The molecule has 0 aromatic carbocycles. The van der Waals surface area contributed by atoms with E-state index in [2.05, 4.69) is 4.98 Å². The van der Waals surface area contributed by atoms with E-state index in [4.69, 9.17) is 0 Å². The smallest absolute Gasteiger partial charge is 0.393 e. The van der Waals surface area contributed by atoms with Gasteiger partial charge in [0.1, 0.15) is 5.69 Å². The van der Waals surface area contributed by atoms with Crippen molar-refractivity contribution < 1.29 is 18.3 Å². The topological polar surface area (TPSA) is 33.1 Å². The third-order valence-electron chi connectivity index (χ3n) is 3.19. The van der Waals surface area contributed by atoms with E-state index in [-0.39, 0.29) is 12.0 Å². The fourth-order valence-corrected chi connectivity index (χ4v) is 2.28. The van der Waals surface area contributed by atoms with Crippen molar-refractivity contribution in [2.24, 2.45) is 0 Å². The van der Waals surface area contributed by atoms with Gasteiger partial charge in [-0.1, -0.05) is 12.5 Å². The quantitative estimate of drug-likeness (QED) is 0.824. The molecule has 1 aliphatic carbocycles. The Morgan fingerprint density at radius 1 is 1.24 bits per heavy atom. The first-order valence-corrected chi connectivity index (χ1v) is 5.68. The number of halogens is 3. The highest BCUT2D eigenvalue weighted by molar-refractivity contribution is 5.20. The van der Waals surface area contributed by atoms with Crippen molar-refractivity contribution in [3.8, 4) is 0 Å². The fourth-order valence-electron chi connectivity index (χ4n) is 2.28. The van der Waals surface area contributed by atoms with Crippen LogP contribution >= 0.6 is 0 Å². The molecule has 1 saturated carbocycles. The normalized spacial score (nSPS) is 25.9. The maximum atomic E-state index is 12.3. The maximum Gasteiger partial charge on any atom is 0.433 e. The monoisotopic (exact) mass is 245 g/mol. The van der Waals surface area contributed by atoms with Crippen molar-refractivity contribution in [1.82, 2.24) is 4.98 Å². The number of hydrogen-bond acceptors (Lipinski definition) is 2. The number of nitrogens with zero attached hydrogens (tertiary/aromatic N) is 1. The summed E-state index contributed by atoms with van der Waals surface area (Å²) in [6, 6.07) is 2.48. The van der Waals surface area contributed by atoms with Gasteiger partial charge in [0.2, 0.25) is 0 Å². The van der Waals surface area contributed by atoms with Crippen molar-refractivity contribution in [3.63, 3.8) is 0 Å². The molecular formula is C12H14F3NO. The van der Waals surface area contributed by atoms with E-state index in [1.807, 2.05) is 0 Å². The molecule has 1 aliphatic rings. The highest BCUT2D eigenvalue weighted by atomic mass is 19.4. The molecule has 1 fully saturated rings. The standard InChI is InChI=1S/C12H14F3NO/c13-12(14,15)11-5-4-9(7-16-11)8-2-1-3-10(17)6-8/h4-5,7-8,10,17H,1-3,6H2. The number of pyridine rings is 1. The Balaban J connectivity index is 2.12. The van der Waals surface area contributed by atoms with E-state index in [9.17, 15) is 18.3 Å². The molecule has 0 radical (unpaired) electrons. The number of aliphatic hydroxyl groups excluding tert-OH is 1. The Morgan fingerprint density at radius 3 is 2.53 bits per heavy atom. The van der Waals surface area contributed by atoms with Gasteiger partial charge in [0, 0.05) is 6.20 Å². The van der Waals surface area contributed by atoms with Gasteiger partial charge in [-0.15, -0.1) is 0 Å². The van der Waals surface area contributed by atoms with E-state index in [1.54, 1.807) is 0 Å². The summed E-state index contributed by atoms with van der Waals surface area (Å²) in [7, 11) is 0. The molecule has 1 heterocycles. The molecule has 1 aromatic rings. The molecule has 0 bridgehead atoms. The zero-order valence-electron chi connectivity index (χ0n) is 9.24. The summed E-state index contributed by atoms with van der Waals surface area (Å²) in [6.45, 7) is 0. The number of aromatic nitrogens is 1. The van der Waals surface area contributed by atoms with Crippen LogP contribution in [-0.4, -0.2) is 16.2 Å². The molecule has 0 saturated heterocycles. The van der Waals surface area contributed by atoms with E-state index in [0.29, 0.717) is 6.42 Å². The van der Waals surface area contributed by atoms with Crippen molar-refractivity contribution >= 4 is 0 Å². The number of hydrogen-bond donors (Lipinski definition) is 1. The van der Waals surface area contributed by atoms with Crippen molar-refractivity contribution in [3.05, 3.63) is 29.6 Å². The van der Waals surface area contributed by atoms with E-state index >= 15 is 0 Å². The SMILES string of the molecule is OC1CCCC(c2ccc(C(F)(F)F)nc2)C1. The molecule has 1 N–H and O–H groups in total. The first kappa shape index (κ1) is 12.4. The van der Waals surface area contributed by atoms with E-state index in [0.717, 1.165) is 30.9 Å². The van der Waals surface area contributed by atoms with Crippen LogP contribution in [0.15, 0.2) is 18.3 Å². The van der Waals surface area contributed by atoms with Crippen LogP contribution in [0.1, 0.15) is 42.9 Å². The fraction of sp³-hybridized carbons (Fsp3) is 0.583. The molecular weight excluding hydrogens is 231 g/mol. The first-order valence-electron chi connectivity index (χ1n) is 5.68. The number of alkyl halides is 3. The zero-order chi connectivity index (χ0) is 12.5. The number of rotatable bonds is 1. The largest absolute Gasteiger partial charge is 0.433 e. The summed E-state index contributed by atoms with van der Waals surface area (Å²) in [4.78, 5) is 3.44. The lowest BCUT2D eigenvalue weighted by Crippen LogP contribution is -2.18. The van der Waals surface area contributed by atoms with E-state index < -0.39 is 11.9 Å². The molecule has 0 spiro atoms. The highest BCUT2D eigenvalue weighted by Crippen LogP contribution is 2.34. The van der Waals surface area contributed by atoms with E-state index in [1.165, 1.54) is 12.3 Å². The summed E-state index contributed by atoms with van der Waals surface area (Å²) in [5.41, 5.74) is -0.0747. The van der Waals surface area contributed by atoms with Gasteiger partial charge in [-0.05, 0) is 36.8 Å². The Bertz CT molecular complexity index is 374. The Morgan fingerprint density at radius 2 is 2.00 bits per heavy atom. The summed E-state index contributed by atoms with van der Waals surface area (Å²) in [6.07, 6.45) is -0.221. The lowest BCUT2D eigenvalue weighted by Gasteiger charge is -2.26. The average Bonchev–Trinajstić information content (AvgIpc) is 2.28. The van der Waals surface area contributed by atoms with Gasteiger partial charge >= 0.3 is 6.18 Å². The van der Waals surface area contributed by atoms with Crippen LogP contribution in [0.25, 0.3) is 0 Å². The minimum atomic E-state index is -4.38. The van der Waals surface area contributed by atoms with Gasteiger partial charge in [-0.2, -0.15) is 13.2 Å². The van der Waals surface area contributed by atoms with Crippen LogP contribution in [0.2, 0.25) is 0 Å². The molecule has 2 atom stereocenters. The summed E-state index contributed by atoms with van der Waals surface area (Å²) >= 11 is 0. The van der Waals surface area contributed by atoms with Crippen LogP contribution in [0, 0.1) is 0 Å². The molecule has 2 nitrogen and oxygen atoms in total. The van der Waals surface area contributed by atoms with Gasteiger partial charge in [0.25, 0.3) is 0 Å². The van der Waals surface area contributed by atoms with Crippen LogP contribution in [0.5, 0.6) is 0 Å². The zero-order valence-corrected chi connectivity index (χ0v) is 9.24. The van der Waals surface area contributed by atoms with Crippen molar-refractivity contribution in [2.45, 2.75) is 43.9 Å².